The van der Waals surface area contributed by atoms with Gasteiger partial charge in [-0.1, -0.05) is 11.6 Å². The number of rotatable bonds is 3. The first-order chi connectivity index (χ1) is 14.2. The zero-order valence-corrected chi connectivity index (χ0v) is 19.1. The molecule has 0 bridgehead atoms. The van der Waals surface area contributed by atoms with Crippen LogP contribution in [0.15, 0.2) is 23.1 Å². The maximum absolute atomic E-state index is 13.1. The molecule has 13 heteroatoms. The summed E-state index contributed by atoms with van der Waals surface area (Å²) in [6.45, 7) is 3.52. The fraction of sp³-hybridized carbons (Fsp3) is 0.556. The summed E-state index contributed by atoms with van der Waals surface area (Å²) >= 11 is 6.94. The van der Waals surface area contributed by atoms with Gasteiger partial charge in [-0.15, -0.1) is 11.8 Å². The van der Waals surface area contributed by atoms with Gasteiger partial charge in [0.15, 0.2) is 0 Å². The molecule has 2 aliphatic rings. The molecule has 2 saturated heterocycles. The van der Waals surface area contributed by atoms with E-state index in [1.807, 2.05) is 0 Å². The first kappa shape index (κ1) is 24.1. The smallest absolute Gasteiger partial charge is 0.342 e. The van der Waals surface area contributed by atoms with Gasteiger partial charge in [0.2, 0.25) is 21.8 Å². The van der Waals surface area contributed by atoms with Crippen LogP contribution in [-0.2, 0) is 25.8 Å². The molecule has 2 heterocycles. The Morgan fingerprint density at radius 2 is 1.84 bits per heavy atom. The first-order valence-electron chi connectivity index (χ1n) is 9.34. The van der Waals surface area contributed by atoms with Crippen LogP contribution in [0.3, 0.4) is 0 Å². The van der Waals surface area contributed by atoms with E-state index in [9.17, 15) is 31.2 Å². The number of piperazine rings is 1. The Labute approximate surface area is 187 Å². The average Bonchev–Trinajstić information content (AvgIpc) is 2.69. The van der Waals surface area contributed by atoms with Crippen LogP contribution in [0, 0.1) is 0 Å². The van der Waals surface area contributed by atoms with Gasteiger partial charge in [0, 0.05) is 31.9 Å². The molecule has 2 aliphatic heterocycles. The molecule has 1 N–H and O–H groups in total. The van der Waals surface area contributed by atoms with E-state index in [-0.39, 0.29) is 38.0 Å². The van der Waals surface area contributed by atoms with Gasteiger partial charge in [-0.2, -0.15) is 17.5 Å². The number of nitrogens with one attached hydrogen (secondary N) is 1. The molecular weight excluding hydrogens is 479 g/mol. The summed E-state index contributed by atoms with van der Waals surface area (Å²) in [6, 6.07) is 1.76. The second kappa shape index (κ2) is 8.45. The molecule has 1 atom stereocenters. The van der Waals surface area contributed by atoms with Crippen LogP contribution in [-0.4, -0.2) is 72.2 Å². The van der Waals surface area contributed by atoms with Gasteiger partial charge in [0.1, 0.15) is 6.04 Å². The van der Waals surface area contributed by atoms with E-state index in [1.54, 1.807) is 13.8 Å². The lowest BCUT2D eigenvalue weighted by Crippen LogP contribution is -2.60. The number of halogens is 4. The molecule has 0 spiro atoms. The Balaban J connectivity index is 1.68. The van der Waals surface area contributed by atoms with Crippen molar-refractivity contribution in [2.75, 3.05) is 31.9 Å². The number of amides is 2. The molecule has 31 heavy (non-hydrogen) atoms. The predicted molar refractivity (Wildman–Crippen MR) is 110 cm³/mol. The van der Waals surface area contributed by atoms with Gasteiger partial charge in [-0.3, -0.25) is 9.59 Å². The van der Waals surface area contributed by atoms with Gasteiger partial charge in [-0.05, 0) is 32.0 Å². The SMILES string of the molecule is CC1(C)SCC(C(=O)N2CCN(S(=O)(=O)c3ccc(Cl)c(C(F)(F)F)c3)CC2)NC1=O. The van der Waals surface area contributed by atoms with Crippen LogP contribution in [0.25, 0.3) is 0 Å². The van der Waals surface area contributed by atoms with Crippen molar-refractivity contribution in [1.29, 1.82) is 0 Å². The summed E-state index contributed by atoms with van der Waals surface area (Å²) < 4.78 is 65.3. The van der Waals surface area contributed by atoms with Crippen molar-refractivity contribution in [3.8, 4) is 0 Å². The highest BCUT2D eigenvalue weighted by molar-refractivity contribution is 8.01. The van der Waals surface area contributed by atoms with Crippen molar-refractivity contribution >= 4 is 45.2 Å². The summed E-state index contributed by atoms with van der Waals surface area (Å²) in [5.41, 5.74) is -1.22. The number of thioether (sulfide) groups is 1. The molecule has 2 fully saturated rings. The van der Waals surface area contributed by atoms with E-state index in [0.29, 0.717) is 11.8 Å². The van der Waals surface area contributed by atoms with Crippen molar-refractivity contribution in [3.63, 3.8) is 0 Å². The minimum absolute atomic E-state index is 0.0677. The lowest BCUT2D eigenvalue weighted by molar-refractivity contribution is -0.138. The van der Waals surface area contributed by atoms with E-state index >= 15 is 0 Å². The third-order valence-electron chi connectivity index (χ3n) is 5.19. The molecule has 1 aromatic carbocycles. The van der Waals surface area contributed by atoms with Crippen LogP contribution >= 0.6 is 23.4 Å². The fourth-order valence-corrected chi connectivity index (χ4v) is 5.94. The number of carbonyl (C=O) groups excluding carboxylic acids is 2. The summed E-state index contributed by atoms with van der Waals surface area (Å²) in [5, 5.41) is 2.11. The summed E-state index contributed by atoms with van der Waals surface area (Å²) in [5.74, 6) is -0.146. The largest absolute Gasteiger partial charge is 0.417 e. The highest BCUT2D eigenvalue weighted by Crippen LogP contribution is 2.36. The second-order valence-electron chi connectivity index (χ2n) is 7.72. The van der Waals surface area contributed by atoms with Crippen molar-refractivity contribution in [2.24, 2.45) is 0 Å². The lowest BCUT2D eigenvalue weighted by atomic mass is 10.1. The highest BCUT2D eigenvalue weighted by atomic mass is 35.5. The van der Waals surface area contributed by atoms with Crippen LogP contribution in [0.2, 0.25) is 5.02 Å². The Morgan fingerprint density at radius 3 is 2.39 bits per heavy atom. The summed E-state index contributed by atoms with van der Waals surface area (Å²) in [7, 11) is -4.20. The molecule has 2 amide bonds. The standard InChI is InChI=1S/C18H21ClF3N3O4S2/c1-17(2)16(27)23-14(10-30-17)15(26)24-5-7-25(8-6-24)31(28,29)11-3-4-13(19)12(9-11)18(20,21)22/h3-4,9,14H,5-8,10H2,1-2H3,(H,23,27). The maximum Gasteiger partial charge on any atom is 0.417 e. The number of alkyl halides is 3. The van der Waals surface area contributed by atoms with E-state index in [1.165, 1.54) is 16.7 Å². The van der Waals surface area contributed by atoms with Gasteiger partial charge >= 0.3 is 6.18 Å². The molecule has 0 aliphatic carbocycles. The number of nitrogens with zero attached hydrogens (tertiary/aromatic N) is 2. The predicted octanol–water partition coefficient (Wildman–Crippen LogP) is 2.20. The quantitative estimate of drug-likeness (QED) is 0.689. The van der Waals surface area contributed by atoms with E-state index < -0.39 is 42.5 Å². The normalized spacial score (nSPS) is 22.8. The van der Waals surface area contributed by atoms with Crippen molar-refractivity contribution in [2.45, 2.75) is 35.7 Å². The molecular formula is C18H21ClF3N3O4S2. The topological polar surface area (TPSA) is 86.8 Å². The lowest BCUT2D eigenvalue weighted by Gasteiger charge is -2.38. The van der Waals surface area contributed by atoms with Crippen molar-refractivity contribution < 1.29 is 31.2 Å². The minimum Gasteiger partial charge on any atom is -0.342 e. The van der Waals surface area contributed by atoms with Crippen molar-refractivity contribution in [3.05, 3.63) is 28.8 Å². The van der Waals surface area contributed by atoms with Gasteiger partial charge in [0.05, 0.1) is 20.2 Å². The number of benzene rings is 1. The summed E-state index contributed by atoms with van der Waals surface area (Å²) in [6.07, 6.45) is -4.79. The van der Waals surface area contributed by atoms with Gasteiger partial charge < -0.3 is 10.2 Å². The minimum atomic E-state index is -4.79. The number of sulfonamides is 1. The van der Waals surface area contributed by atoms with E-state index in [0.717, 1.165) is 16.4 Å². The molecule has 0 saturated carbocycles. The monoisotopic (exact) mass is 499 g/mol. The molecule has 3 rings (SSSR count). The Hall–Kier alpha value is -1.50. The Bertz CT molecular complexity index is 993. The molecule has 1 aromatic rings. The number of hydrogen-bond acceptors (Lipinski definition) is 5. The highest BCUT2D eigenvalue weighted by Gasteiger charge is 2.41. The summed E-state index contributed by atoms with van der Waals surface area (Å²) in [4.78, 5) is 25.8. The molecule has 172 valence electrons. The zero-order valence-electron chi connectivity index (χ0n) is 16.7. The van der Waals surface area contributed by atoms with Crippen LogP contribution < -0.4 is 5.32 Å². The number of hydrogen-bond donors (Lipinski definition) is 1. The molecule has 0 aromatic heterocycles. The first-order valence-corrected chi connectivity index (χ1v) is 12.1. The third kappa shape index (κ3) is 4.96. The van der Waals surface area contributed by atoms with E-state index in [2.05, 4.69) is 5.32 Å². The van der Waals surface area contributed by atoms with Crippen LogP contribution in [0.1, 0.15) is 19.4 Å². The Morgan fingerprint density at radius 1 is 1.23 bits per heavy atom. The van der Waals surface area contributed by atoms with Crippen LogP contribution in [0.4, 0.5) is 13.2 Å². The maximum atomic E-state index is 13.1. The third-order valence-corrected chi connectivity index (χ3v) is 8.82. The Kier molecular flexibility index (Phi) is 6.58. The second-order valence-corrected chi connectivity index (χ2v) is 11.7. The fourth-order valence-electron chi connectivity index (χ4n) is 3.26. The molecule has 7 nitrogen and oxygen atoms in total. The zero-order chi connectivity index (χ0) is 23.2. The molecule has 0 radical (unpaired) electrons. The van der Waals surface area contributed by atoms with E-state index in [4.69, 9.17) is 11.6 Å². The van der Waals surface area contributed by atoms with Crippen LogP contribution in [0.5, 0.6) is 0 Å². The number of carbonyl (C=O) groups is 2. The van der Waals surface area contributed by atoms with Gasteiger partial charge in [-0.25, -0.2) is 8.42 Å². The van der Waals surface area contributed by atoms with Gasteiger partial charge in [0.25, 0.3) is 0 Å². The molecule has 1 unspecified atom stereocenters. The van der Waals surface area contributed by atoms with Crippen molar-refractivity contribution in [1.82, 2.24) is 14.5 Å². The average molecular weight is 500 g/mol.